The molecule has 0 fully saturated rings. The summed E-state index contributed by atoms with van der Waals surface area (Å²) in [5, 5.41) is 11.0. The Kier molecular flexibility index (Phi) is 3.67. The largest absolute Gasteiger partial charge is 0.382 e. The zero-order chi connectivity index (χ0) is 12.4. The van der Waals surface area contributed by atoms with Crippen molar-refractivity contribution in [2.45, 2.75) is 13.0 Å². The molecule has 0 amide bonds. The highest BCUT2D eigenvalue weighted by Crippen LogP contribution is 2.32. The molecule has 0 spiro atoms. The molecular weight excluding hydrogens is 257 g/mol. The Morgan fingerprint density at radius 1 is 1.12 bits per heavy atom. The summed E-state index contributed by atoms with van der Waals surface area (Å²) in [4.78, 5) is 4.27. The number of aliphatic hydroxyl groups excluding tert-OH is 1. The minimum atomic E-state index is -0.860. The Balaban J connectivity index is 2.44. The number of aryl methyl sites for hydroxylation is 1. The summed E-state index contributed by atoms with van der Waals surface area (Å²) in [5.41, 5.74) is 1.98. The van der Waals surface area contributed by atoms with Crippen molar-refractivity contribution in [1.29, 1.82) is 0 Å². The summed E-state index contributed by atoms with van der Waals surface area (Å²) in [6.45, 7) is 1.87. The molecule has 1 heterocycles. The predicted octanol–water partition coefficient (Wildman–Crippen LogP) is 3.78. The first kappa shape index (κ1) is 12.4. The van der Waals surface area contributed by atoms with Gasteiger partial charge < -0.3 is 5.11 Å². The molecule has 1 aromatic carbocycles. The molecule has 2 aromatic rings. The summed E-state index contributed by atoms with van der Waals surface area (Å²) in [6.07, 6.45) is -0.860. The number of rotatable bonds is 2. The normalized spacial score (nSPS) is 12.5. The topological polar surface area (TPSA) is 33.1 Å². The molecule has 1 unspecified atom stereocenters. The third-order valence-corrected chi connectivity index (χ3v) is 3.30. The molecule has 0 aliphatic heterocycles. The Bertz CT molecular complexity index is 543. The van der Waals surface area contributed by atoms with Crippen LogP contribution >= 0.6 is 23.2 Å². The molecule has 0 aliphatic carbocycles. The summed E-state index contributed by atoms with van der Waals surface area (Å²) < 4.78 is 0. The number of pyridine rings is 1. The lowest BCUT2D eigenvalue weighted by Crippen LogP contribution is -2.03. The van der Waals surface area contributed by atoms with E-state index in [4.69, 9.17) is 23.2 Å². The standard InChI is InChI=1S/C13H11Cl2NO/c1-8-4-2-7-11(16-8)13(17)9-5-3-6-10(14)12(9)15/h2-7,13,17H,1H3. The number of hydrogen-bond acceptors (Lipinski definition) is 2. The van der Waals surface area contributed by atoms with Crippen LogP contribution in [0, 0.1) is 6.92 Å². The Hall–Kier alpha value is -1.09. The average molecular weight is 268 g/mol. The maximum atomic E-state index is 10.2. The number of nitrogens with zero attached hydrogens (tertiary/aromatic N) is 1. The lowest BCUT2D eigenvalue weighted by atomic mass is 10.1. The summed E-state index contributed by atoms with van der Waals surface area (Å²) in [5.74, 6) is 0. The maximum Gasteiger partial charge on any atom is 0.122 e. The monoisotopic (exact) mass is 267 g/mol. The van der Waals surface area contributed by atoms with Gasteiger partial charge in [-0.15, -0.1) is 0 Å². The van der Waals surface area contributed by atoms with E-state index in [-0.39, 0.29) is 0 Å². The van der Waals surface area contributed by atoms with Gasteiger partial charge in [0, 0.05) is 11.3 Å². The van der Waals surface area contributed by atoms with E-state index >= 15 is 0 Å². The molecule has 2 nitrogen and oxygen atoms in total. The van der Waals surface area contributed by atoms with E-state index in [2.05, 4.69) is 4.98 Å². The fraction of sp³-hybridized carbons (Fsp3) is 0.154. The molecule has 1 aromatic heterocycles. The molecule has 4 heteroatoms. The van der Waals surface area contributed by atoms with Crippen molar-refractivity contribution in [3.63, 3.8) is 0 Å². The Labute approximate surface area is 110 Å². The van der Waals surface area contributed by atoms with Gasteiger partial charge in [0.1, 0.15) is 6.10 Å². The summed E-state index contributed by atoms with van der Waals surface area (Å²) in [6, 6.07) is 10.7. The fourth-order valence-electron chi connectivity index (χ4n) is 1.61. The van der Waals surface area contributed by atoms with Crippen LogP contribution in [0.2, 0.25) is 10.0 Å². The van der Waals surface area contributed by atoms with Crippen LogP contribution in [0.15, 0.2) is 36.4 Å². The maximum absolute atomic E-state index is 10.2. The highest BCUT2D eigenvalue weighted by molar-refractivity contribution is 6.42. The first-order valence-electron chi connectivity index (χ1n) is 5.15. The van der Waals surface area contributed by atoms with E-state index in [9.17, 15) is 5.11 Å². The minimum absolute atomic E-state index is 0.366. The van der Waals surface area contributed by atoms with E-state index in [0.29, 0.717) is 21.3 Å². The highest BCUT2D eigenvalue weighted by atomic mass is 35.5. The van der Waals surface area contributed by atoms with Gasteiger partial charge >= 0.3 is 0 Å². The molecule has 1 atom stereocenters. The van der Waals surface area contributed by atoms with E-state index < -0.39 is 6.10 Å². The minimum Gasteiger partial charge on any atom is -0.382 e. The van der Waals surface area contributed by atoms with Crippen molar-refractivity contribution >= 4 is 23.2 Å². The first-order chi connectivity index (χ1) is 8.09. The van der Waals surface area contributed by atoms with Crippen LogP contribution in [-0.4, -0.2) is 10.1 Å². The van der Waals surface area contributed by atoms with Crippen LogP contribution in [0.25, 0.3) is 0 Å². The molecule has 0 saturated heterocycles. The van der Waals surface area contributed by atoms with E-state index in [1.165, 1.54) is 0 Å². The Morgan fingerprint density at radius 2 is 1.82 bits per heavy atom. The van der Waals surface area contributed by atoms with Gasteiger partial charge in [-0.2, -0.15) is 0 Å². The van der Waals surface area contributed by atoms with Crippen molar-refractivity contribution in [2.75, 3.05) is 0 Å². The van der Waals surface area contributed by atoms with Gasteiger partial charge in [0.05, 0.1) is 15.7 Å². The lowest BCUT2D eigenvalue weighted by molar-refractivity contribution is 0.215. The number of halogens is 2. The fourth-order valence-corrected chi connectivity index (χ4v) is 2.02. The number of aliphatic hydroxyl groups is 1. The molecule has 17 heavy (non-hydrogen) atoms. The highest BCUT2D eigenvalue weighted by Gasteiger charge is 2.16. The second kappa shape index (κ2) is 5.05. The van der Waals surface area contributed by atoms with E-state index in [1.54, 1.807) is 24.3 Å². The lowest BCUT2D eigenvalue weighted by Gasteiger charge is -2.13. The summed E-state index contributed by atoms with van der Waals surface area (Å²) >= 11 is 12.0. The predicted molar refractivity (Wildman–Crippen MR) is 69.5 cm³/mol. The number of aromatic nitrogens is 1. The second-order valence-electron chi connectivity index (χ2n) is 3.75. The van der Waals surface area contributed by atoms with Gasteiger partial charge in [-0.3, -0.25) is 4.98 Å². The third-order valence-electron chi connectivity index (χ3n) is 2.47. The van der Waals surface area contributed by atoms with E-state index in [1.807, 2.05) is 19.1 Å². The first-order valence-corrected chi connectivity index (χ1v) is 5.90. The van der Waals surface area contributed by atoms with Crippen molar-refractivity contribution in [1.82, 2.24) is 4.98 Å². The van der Waals surface area contributed by atoms with Crippen molar-refractivity contribution in [3.8, 4) is 0 Å². The van der Waals surface area contributed by atoms with Gasteiger partial charge in [-0.05, 0) is 25.1 Å². The van der Waals surface area contributed by atoms with Crippen molar-refractivity contribution in [2.24, 2.45) is 0 Å². The van der Waals surface area contributed by atoms with Crippen LogP contribution in [0.1, 0.15) is 23.1 Å². The molecule has 2 rings (SSSR count). The quantitative estimate of drug-likeness (QED) is 0.899. The zero-order valence-electron chi connectivity index (χ0n) is 9.19. The van der Waals surface area contributed by atoms with Crippen molar-refractivity contribution in [3.05, 3.63) is 63.4 Å². The molecule has 88 valence electrons. The molecule has 0 radical (unpaired) electrons. The van der Waals surface area contributed by atoms with Crippen molar-refractivity contribution < 1.29 is 5.11 Å². The van der Waals surface area contributed by atoms with Gasteiger partial charge in [0.2, 0.25) is 0 Å². The zero-order valence-corrected chi connectivity index (χ0v) is 10.7. The van der Waals surface area contributed by atoms with Gasteiger partial charge in [-0.25, -0.2) is 0 Å². The van der Waals surface area contributed by atoms with Crippen LogP contribution in [0.4, 0.5) is 0 Å². The van der Waals surface area contributed by atoms with E-state index in [0.717, 1.165) is 5.69 Å². The molecular formula is C13H11Cl2NO. The second-order valence-corrected chi connectivity index (χ2v) is 4.53. The van der Waals surface area contributed by atoms with Gasteiger partial charge in [0.25, 0.3) is 0 Å². The number of benzene rings is 1. The number of hydrogen-bond donors (Lipinski definition) is 1. The average Bonchev–Trinajstić information content (AvgIpc) is 2.32. The molecule has 1 N–H and O–H groups in total. The van der Waals surface area contributed by atoms with Crippen LogP contribution in [0.3, 0.4) is 0 Å². The third kappa shape index (κ3) is 2.60. The molecule has 0 aliphatic rings. The van der Waals surface area contributed by atoms with Gasteiger partial charge in [0.15, 0.2) is 0 Å². The van der Waals surface area contributed by atoms with Crippen LogP contribution in [-0.2, 0) is 0 Å². The molecule has 0 bridgehead atoms. The smallest absolute Gasteiger partial charge is 0.122 e. The SMILES string of the molecule is Cc1cccc(C(O)c2cccc(Cl)c2Cl)n1. The molecule has 0 saturated carbocycles. The van der Waals surface area contributed by atoms with Gasteiger partial charge in [-0.1, -0.05) is 41.4 Å². The van der Waals surface area contributed by atoms with Crippen LogP contribution < -0.4 is 0 Å². The Morgan fingerprint density at radius 3 is 2.53 bits per heavy atom. The van der Waals surface area contributed by atoms with Crippen LogP contribution in [0.5, 0.6) is 0 Å². The summed E-state index contributed by atoms with van der Waals surface area (Å²) in [7, 11) is 0.